The Morgan fingerprint density at radius 2 is 1.74 bits per heavy atom. The minimum Gasteiger partial charge on any atom is -0.497 e. The van der Waals surface area contributed by atoms with Gasteiger partial charge < -0.3 is 14.8 Å². The molecule has 0 spiro atoms. The maximum Gasteiger partial charge on any atom is 0.416 e. The van der Waals surface area contributed by atoms with E-state index in [9.17, 15) is 18.0 Å². The predicted molar refractivity (Wildman–Crippen MR) is 125 cm³/mol. The van der Waals surface area contributed by atoms with Gasteiger partial charge in [0.2, 0.25) is 0 Å². The first kappa shape index (κ1) is 23.4. The number of anilines is 1. The number of nitrogens with one attached hydrogen (secondary N) is 1. The number of hydrogen-bond acceptors (Lipinski definition) is 4. The van der Waals surface area contributed by atoms with Crippen LogP contribution in [0.15, 0.2) is 66.7 Å². The van der Waals surface area contributed by atoms with Crippen LogP contribution in [0.3, 0.4) is 0 Å². The number of benzene rings is 3. The van der Waals surface area contributed by atoms with E-state index in [1.807, 2.05) is 0 Å². The van der Waals surface area contributed by atoms with E-state index in [-0.39, 0.29) is 16.3 Å². The molecule has 0 radical (unpaired) electrons. The minimum absolute atomic E-state index is 0.0169. The van der Waals surface area contributed by atoms with Crippen molar-refractivity contribution in [2.45, 2.75) is 6.18 Å². The van der Waals surface area contributed by atoms with Crippen LogP contribution < -0.4 is 14.8 Å². The largest absolute Gasteiger partial charge is 0.497 e. The third-order valence-electron chi connectivity index (χ3n) is 5.19. The summed E-state index contributed by atoms with van der Waals surface area (Å²) in [5.41, 5.74) is 0.727. The van der Waals surface area contributed by atoms with Crippen LogP contribution in [0, 0.1) is 0 Å². The van der Waals surface area contributed by atoms with Gasteiger partial charge in [0.15, 0.2) is 0 Å². The fourth-order valence-corrected chi connectivity index (χ4v) is 3.66. The molecule has 1 aromatic heterocycles. The van der Waals surface area contributed by atoms with Crippen molar-refractivity contribution in [1.82, 2.24) is 4.98 Å². The zero-order chi connectivity index (χ0) is 24.5. The summed E-state index contributed by atoms with van der Waals surface area (Å²) in [5, 5.41) is 3.02. The summed E-state index contributed by atoms with van der Waals surface area (Å²) >= 11 is 6.07. The van der Waals surface area contributed by atoms with Crippen molar-refractivity contribution in [2.75, 3.05) is 19.5 Å². The summed E-state index contributed by atoms with van der Waals surface area (Å²) in [7, 11) is 3.03. The van der Waals surface area contributed by atoms with Gasteiger partial charge in [-0.2, -0.15) is 13.2 Å². The number of carbonyl (C=O) groups excluding carboxylic acids is 1. The number of methoxy groups -OCH3 is 2. The van der Waals surface area contributed by atoms with Crippen molar-refractivity contribution in [2.24, 2.45) is 0 Å². The van der Waals surface area contributed by atoms with Crippen molar-refractivity contribution >= 4 is 34.1 Å². The van der Waals surface area contributed by atoms with Crippen LogP contribution in [0.4, 0.5) is 18.9 Å². The summed E-state index contributed by atoms with van der Waals surface area (Å²) in [5.74, 6) is 0.432. The summed E-state index contributed by atoms with van der Waals surface area (Å²) in [6, 6.07) is 16.4. The van der Waals surface area contributed by atoms with E-state index in [4.69, 9.17) is 21.1 Å². The Bertz CT molecular complexity index is 1390. The van der Waals surface area contributed by atoms with E-state index in [1.165, 1.54) is 14.2 Å². The Morgan fingerprint density at radius 1 is 0.971 bits per heavy atom. The van der Waals surface area contributed by atoms with Gasteiger partial charge in [-0.3, -0.25) is 4.79 Å². The van der Waals surface area contributed by atoms with Crippen LogP contribution in [0.1, 0.15) is 15.9 Å². The second kappa shape index (κ2) is 9.23. The molecule has 174 valence electrons. The van der Waals surface area contributed by atoms with Crippen LogP contribution >= 0.6 is 11.6 Å². The lowest BCUT2D eigenvalue weighted by Gasteiger charge is -2.15. The van der Waals surface area contributed by atoms with Crippen LogP contribution in [0.25, 0.3) is 22.2 Å². The molecule has 0 bridgehead atoms. The van der Waals surface area contributed by atoms with Gasteiger partial charge in [0.1, 0.15) is 11.5 Å². The molecule has 3 aromatic carbocycles. The van der Waals surface area contributed by atoms with Crippen molar-refractivity contribution in [3.8, 4) is 22.8 Å². The molecule has 4 aromatic rings. The van der Waals surface area contributed by atoms with E-state index >= 15 is 0 Å². The monoisotopic (exact) mass is 486 g/mol. The Balaban J connectivity index is 1.82. The zero-order valence-corrected chi connectivity index (χ0v) is 18.8. The van der Waals surface area contributed by atoms with Gasteiger partial charge in [0, 0.05) is 17.0 Å². The highest BCUT2D eigenvalue weighted by atomic mass is 35.5. The SMILES string of the molecule is COc1ccc(-c2cc(C(=O)Nc3cc(C(F)(F)F)ccc3Cl)c3ccccc3n2)c(OC)c1. The number of aromatic nitrogens is 1. The number of carbonyl (C=O) groups is 1. The third kappa shape index (κ3) is 4.63. The van der Waals surface area contributed by atoms with E-state index < -0.39 is 17.6 Å². The van der Waals surface area contributed by atoms with Gasteiger partial charge in [-0.05, 0) is 42.5 Å². The first-order valence-electron chi connectivity index (χ1n) is 10.0. The Labute approximate surface area is 198 Å². The topological polar surface area (TPSA) is 60.5 Å². The Morgan fingerprint density at radius 3 is 2.44 bits per heavy atom. The average molecular weight is 487 g/mol. The molecule has 0 aliphatic carbocycles. The first-order valence-corrected chi connectivity index (χ1v) is 10.4. The van der Waals surface area contributed by atoms with Crippen molar-refractivity contribution in [3.05, 3.63) is 82.9 Å². The molecule has 4 rings (SSSR count). The second-order valence-electron chi connectivity index (χ2n) is 7.28. The van der Waals surface area contributed by atoms with Crippen molar-refractivity contribution in [3.63, 3.8) is 0 Å². The minimum atomic E-state index is -4.58. The van der Waals surface area contributed by atoms with Crippen LogP contribution in [-0.2, 0) is 6.18 Å². The molecule has 1 amide bonds. The smallest absolute Gasteiger partial charge is 0.416 e. The lowest BCUT2D eigenvalue weighted by atomic mass is 10.0. The maximum absolute atomic E-state index is 13.2. The highest BCUT2D eigenvalue weighted by Gasteiger charge is 2.31. The van der Waals surface area contributed by atoms with Crippen molar-refractivity contribution in [1.29, 1.82) is 0 Å². The lowest BCUT2D eigenvalue weighted by Crippen LogP contribution is -2.14. The zero-order valence-electron chi connectivity index (χ0n) is 18.0. The highest BCUT2D eigenvalue weighted by molar-refractivity contribution is 6.34. The molecule has 0 unspecified atom stereocenters. The molecule has 0 saturated heterocycles. The molecule has 0 atom stereocenters. The van der Waals surface area contributed by atoms with Gasteiger partial charge in [-0.15, -0.1) is 0 Å². The number of amides is 1. The first-order chi connectivity index (χ1) is 16.2. The summed E-state index contributed by atoms with van der Waals surface area (Å²) in [6.07, 6.45) is -4.58. The van der Waals surface area contributed by atoms with Crippen molar-refractivity contribution < 1.29 is 27.4 Å². The van der Waals surface area contributed by atoms with Gasteiger partial charge in [0.25, 0.3) is 5.91 Å². The number of para-hydroxylation sites is 1. The maximum atomic E-state index is 13.2. The Hall–Kier alpha value is -3.78. The quantitative estimate of drug-likeness (QED) is 0.335. The number of ether oxygens (including phenoxy) is 2. The molecule has 1 heterocycles. The summed E-state index contributed by atoms with van der Waals surface area (Å²) in [4.78, 5) is 17.9. The number of hydrogen-bond donors (Lipinski definition) is 1. The second-order valence-corrected chi connectivity index (χ2v) is 7.69. The van der Waals surface area contributed by atoms with Crippen LogP contribution in [0.5, 0.6) is 11.5 Å². The van der Waals surface area contributed by atoms with Gasteiger partial charge in [0.05, 0.1) is 47.3 Å². The lowest BCUT2D eigenvalue weighted by molar-refractivity contribution is -0.137. The van der Waals surface area contributed by atoms with E-state index in [1.54, 1.807) is 48.5 Å². The third-order valence-corrected chi connectivity index (χ3v) is 5.52. The summed E-state index contributed by atoms with van der Waals surface area (Å²) < 4.78 is 50.1. The molecule has 9 heteroatoms. The van der Waals surface area contributed by atoms with Gasteiger partial charge in [-0.1, -0.05) is 29.8 Å². The molecule has 5 nitrogen and oxygen atoms in total. The normalized spacial score (nSPS) is 11.4. The molecule has 0 saturated carbocycles. The van der Waals surface area contributed by atoms with E-state index in [0.29, 0.717) is 33.7 Å². The standard InChI is InChI=1S/C25H18ClF3N2O3/c1-33-15-8-9-17(23(12-15)34-2)21-13-18(16-5-3-4-6-20(16)30-21)24(32)31-22-11-14(25(27,28)29)7-10-19(22)26/h3-13H,1-2H3,(H,31,32). The highest BCUT2D eigenvalue weighted by Crippen LogP contribution is 2.36. The molecule has 0 aliphatic rings. The van der Waals surface area contributed by atoms with Gasteiger partial charge >= 0.3 is 6.18 Å². The molecule has 0 fully saturated rings. The van der Waals surface area contributed by atoms with Gasteiger partial charge in [-0.25, -0.2) is 4.98 Å². The number of halogens is 4. The molecular formula is C25H18ClF3N2O3. The number of fused-ring (bicyclic) bond motifs is 1. The fourth-order valence-electron chi connectivity index (χ4n) is 3.50. The molecule has 34 heavy (non-hydrogen) atoms. The number of nitrogens with zero attached hydrogens (tertiary/aromatic N) is 1. The van der Waals surface area contributed by atoms with Crippen LogP contribution in [0.2, 0.25) is 5.02 Å². The number of rotatable bonds is 5. The molecule has 0 aliphatic heterocycles. The summed E-state index contributed by atoms with van der Waals surface area (Å²) in [6.45, 7) is 0. The fraction of sp³-hybridized carbons (Fsp3) is 0.120. The van der Waals surface area contributed by atoms with E-state index in [0.717, 1.165) is 18.2 Å². The average Bonchev–Trinajstić information content (AvgIpc) is 2.83. The number of pyridine rings is 1. The van der Waals surface area contributed by atoms with Crippen LogP contribution in [-0.4, -0.2) is 25.1 Å². The Kier molecular flexibility index (Phi) is 6.34. The molecular weight excluding hydrogens is 469 g/mol. The predicted octanol–water partition coefficient (Wildman–Crippen LogP) is 6.84. The van der Waals surface area contributed by atoms with E-state index in [2.05, 4.69) is 10.3 Å². The number of alkyl halides is 3. The molecule has 1 N–H and O–H groups in total.